The van der Waals surface area contributed by atoms with Gasteiger partial charge in [-0.05, 0) is 56.2 Å². The molecule has 2 aromatic heterocycles. The summed E-state index contributed by atoms with van der Waals surface area (Å²) in [5, 5.41) is 25.7. The van der Waals surface area contributed by atoms with Crippen molar-refractivity contribution in [1.82, 2.24) is 20.1 Å². The molecule has 1 aliphatic carbocycles. The zero-order valence-electron chi connectivity index (χ0n) is 20.7. The van der Waals surface area contributed by atoms with Crippen molar-refractivity contribution in [3.8, 4) is 6.07 Å². The molecule has 0 saturated carbocycles. The summed E-state index contributed by atoms with van der Waals surface area (Å²) >= 11 is 2.82. The number of thiophene rings is 1. The molecule has 36 heavy (non-hydrogen) atoms. The standard InChI is InChI=1S/C26H30N6O2S2/c1-4-32-23(22(16(2)3)29-24(34)17-10-6-5-7-11-17)30-31-26(32)35-15-21(33)28-25-19(14-27)18-12-8-9-13-20(18)36-25/h5-7,10-11,16,22H,4,8-9,12-13,15H2,1-3H3,(H,28,33)(H,29,34)/t22-/m1/s1. The normalized spacial score (nSPS) is 13.6. The van der Waals surface area contributed by atoms with Gasteiger partial charge < -0.3 is 15.2 Å². The molecule has 0 spiro atoms. The fourth-order valence-electron chi connectivity index (χ4n) is 4.34. The zero-order valence-corrected chi connectivity index (χ0v) is 22.3. The first-order valence-electron chi connectivity index (χ1n) is 12.2. The van der Waals surface area contributed by atoms with Crippen molar-refractivity contribution in [2.75, 3.05) is 11.1 Å². The fraction of sp³-hybridized carbons (Fsp3) is 0.423. The third kappa shape index (κ3) is 5.63. The summed E-state index contributed by atoms with van der Waals surface area (Å²) in [6, 6.07) is 11.0. The minimum atomic E-state index is -0.330. The summed E-state index contributed by atoms with van der Waals surface area (Å²) in [5.74, 6) is 0.550. The molecule has 0 saturated heterocycles. The SMILES string of the molecule is CCn1c(SCC(=O)Nc2sc3c(c2C#N)CCCC3)nnc1[C@H](NC(=O)c1ccccc1)C(C)C. The molecule has 0 bridgehead atoms. The van der Waals surface area contributed by atoms with Gasteiger partial charge >= 0.3 is 0 Å². The van der Waals surface area contributed by atoms with Crippen LogP contribution in [0.1, 0.15) is 71.8 Å². The first-order valence-corrected chi connectivity index (χ1v) is 14.0. The number of carbonyl (C=O) groups is 2. The molecule has 0 unspecified atom stereocenters. The van der Waals surface area contributed by atoms with Crippen LogP contribution < -0.4 is 10.6 Å². The van der Waals surface area contributed by atoms with Gasteiger partial charge in [-0.25, -0.2) is 0 Å². The Morgan fingerprint density at radius 3 is 2.64 bits per heavy atom. The van der Waals surface area contributed by atoms with Gasteiger partial charge in [0, 0.05) is 17.0 Å². The van der Waals surface area contributed by atoms with Crippen molar-refractivity contribution in [3.63, 3.8) is 0 Å². The van der Waals surface area contributed by atoms with Gasteiger partial charge in [0.25, 0.3) is 5.91 Å². The van der Waals surface area contributed by atoms with Crippen molar-refractivity contribution in [2.45, 2.75) is 64.2 Å². The lowest BCUT2D eigenvalue weighted by atomic mass is 9.96. The Morgan fingerprint density at radius 1 is 1.19 bits per heavy atom. The molecule has 0 fully saturated rings. The number of nitriles is 1. The number of thioether (sulfide) groups is 1. The van der Waals surface area contributed by atoms with Crippen molar-refractivity contribution in [1.29, 1.82) is 5.26 Å². The molecule has 2 heterocycles. The number of amides is 2. The highest BCUT2D eigenvalue weighted by Gasteiger charge is 2.27. The summed E-state index contributed by atoms with van der Waals surface area (Å²) in [5.41, 5.74) is 2.30. The highest BCUT2D eigenvalue weighted by Crippen LogP contribution is 2.37. The molecule has 3 aromatic rings. The summed E-state index contributed by atoms with van der Waals surface area (Å²) in [7, 11) is 0. The third-order valence-electron chi connectivity index (χ3n) is 6.20. The summed E-state index contributed by atoms with van der Waals surface area (Å²) in [6.07, 6.45) is 4.08. The van der Waals surface area contributed by atoms with Gasteiger partial charge in [-0.15, -0.1) is 21.5 Å². The second kappa shape index (κ2) is 11.7. The number of rotatable bonds is 9. The molecular formula is C26H30N6O2S2. The average molecular weight is 523 g/mol. The Hall–Kier alpha value is -3.16. The summed E-state index contributed by atoms with van der Waals surface area (Å²) in [6.45, 7) is 6.65. The molecule has 4 rings (SSSR count). The number of nitrogens with zero attached hydrogens (tertiary/aromatic N) is 4. The maximum Gasteiger partial charge on any atom is 0.251 e. The van der Waals surface area contributed by atoms with Crippen LogP contribution in [-0.4, -0.2) is 32.3 Å². The van der Waals surface area contributed by atoms with Crippen LogP contribution >= 0.6 is 23.1 Å². The smallest absolute Gasteiger partial charge is 0.251 e. The maximum atomic E-state index is 12.8. The van der Waals surface area contributed by atoms with Gasteiger partial charge in [0.15, 0.2) is 11.0 Å². The number of hydrogen-bond acceptors (Lipinski definition) is 7. The molecule has 10 heteroatoms. The van der Waals surface area contributed by atoms with Gasteiger partial charge in [-0.1, -0.05) is 43.8 Å². The Kier molecular flexibility index (Phi) is 8.44. The molecule has 0 aliphatic heterocycles. The topological polar surface area (TPSA) is 113 Å². The van der Waals surface area contributed by atoms with E-state index in [1.54, 1.807) is 12.1 Å². The molecule has 1 atom stereocenters. The largest absolute Gasteiger partial charge is 0.342 e. The Labute approximate surface area is 219 Å². The molecule has 0 radical (unpaired) electrons. The first-order chi connectivity index (χ1) is 17.4. The van der Waals surface area contributed by atoms with Crippen LogP contribution in [0.25, 0.3) is 0 Å². The monoisotopic (exact) mass is 522 g/mol. The second-order valence-electron chi connectivity index (χ2n) is 9.01. The van der Waals surface area contributed by atoms with Crippen LogP contribution in [-0.2, 0) is 24.2 Å². The van der Waals surface area contributed by atoms with Crippen LogP contribution in [0.3, 0.4) is 0 Å². The summed E-state index contributed by atoms with van der Waals surface area (Å²) in [4.78, 5) is 26.8. The summed E-state index contributed by atoms with van der Waals surface area (Å²) < 4.78 is 1.94. The quantitative estimate of drug-likeness (QED) is 0.384. The van der Waals surface area contributed by atoms with Crippen molar-refractivity contribution in [2.24, 2.45) is 5.92 Å². The molecule has 2 amide bonds. The van der Waals surface area contributed by atoms with E-state index >= 15 is 0 Å². The Morgan fingerprint density at radius 2 is 1.94 bits per heavy atom. The van der Waals surface area contributed by atoms with E-state index in [0.29, 0.717) is 33.7 Å². The fourth-order valence-corrected chi connectivity index (χ4v) is 6.41. The van der Waals surface area contributed by atoms with Crippen molar-refractivity contribution < 1.29 is 9.59 Å². The predicted octanol–water partition coefficient (Wildman–Crippen LogP) is 4.97. The zero-order chi connectivity index (χ0) is 25.7. The van der Waals surface area contributed by atoms with E-state index in [-0.39, 0.29) is 29.5 Å². The molecule has 2 N–H and O–H groups in total. The number of aryl methyl sites for hydroxylation is 1. The van der Waals surface area contributed by atoms with Crippen LogP contribution in [0.5, 0.6) is 0 Å². The van der Waals surface area contributed by atoms with E-state index in [2.05, 4.69) is 26.9 Å². The minimum absolute atomic E-state index is 0.0857. The van der Waals surface area contributed by atoms with E-state index in [0.717, 1.165) is 31.2 Å². The highest BCUT2D eigenvalue weighted by molar-refractivity contribution is 7.99. The number of hydrogen-bond donors (Lipinski definition) is 2. The van der Waals surface area contributed by atoms with Gasteiger partial charge in [0.2, 0.25) is 5.91 Å². The van der Waals surface area contributed by atoms with Crippen molar-refractivity contribution in [3.05, 3.63) is 57.7 Å². The van der Waals surface area contributed by atoms with Crippen LogP contribution in [0.2, 0.25) is 0 Å². The Balaban J connectivity index is 1.45. The van der Waals surface area contributed by atoms with E-state index < -0.39 is 0 Å². The molecule has 1 aromatic carbocycles. The van der Waals surface area contributed by atoms with E-state index in [1.165, 1.54) is 28.0 Å². The number of aromatic nitrogens is 3. The molecule has 8 nitrogen and oxygen atoms in total. The lowest BCUT2D eigenvalue weighted by Crippen LogP contribution is -2.33. The van der Waals surface area contributed by atoms with Gasteiger partial charge in [0.1, 0.15) is 11.1 Å². The molecule has 188 valence electrons. The number of nitrogens with one attached hydrogen (secondary N) is 2. The van der Waals surface area contributed by atoms with Crippen LogP contribution in [0.4, 0.5) is 5.00 Å². The third-order valence-corrected chi connectivity index (χ3v) is 8.37. The number of carbonyl (C=O) groups excluding carboxylic acids is 2. The second-order valence-corrected chi connectivity index (χ2v) is 11.1. The van der Waals surface area contributed by atoms with Gasteiger partial charge in [-0.3, -0.25) is 9.59 Å². The number of fused-ring (bicyclic) bond motifs is 1. The lowest BCUT2D eigenvalue weighted by molar-refractivity contribution is -0.113. The minimum Gasteiger partial charge on any atom is -0.342 e. The predicted molar refractivity (Wildman–Crippen MR) is 142 cm³/mol. The van der Waals surface area contributed by atoms with E-state index in [9.17, 15) is 14.9 Å². The Bertz CT molecular complexity index is 1280. The molecular weight excluding hydrogens is 492 g/mol. The lowest BCUT2D eigenvalue weighted by Gasteiger charge is -2.22. The van der Waals surface area contributed by atoms with Gasteiger partial charge in [0.05, 0.1) is 17.4 Å². The first kappa shape index (κ1) is 25.9. The van der Waals surface area contributed by atoms with Crippen molar-refractivity contribution >= 4 is 39.9 Å². The number of benzene rings is 1. The van der Waals surface area contributed by atoms with E-state index in [4.69, 9.17) is 0 Å². The van der Waals surface area contributed by atoms with Gasteiger partial charge in [-0.2, -0.15) is 5.26 Å². The van der Waals surface area contributed by atoms with Crippen LogP contribution in [0, 0.1) is 17.2 Å². The highest BCUT2D eigenvalue weighted by atomic mass is 32.2. The van der Waals surface area contributed by atoms with E-state index in [1.807, 2.05) is 43.5 Å². The van der Waals surface area contributed by atoms with Crippen LogP contribution in [0.15, 0.2) is 35.5 Å². The molecule has 1 aliphatic rings. The maximum absolute atomic E-state index is 12.8. The average Bonchev–Trinajstić information content (AvgIpc) is 3.46. The number of anilines is 1.